The zero-order valence-electron chi connectivity index (χ0n) is 11.2. The lowest BCUT2D eigenvalue weighted by Crippen LogP contribution is -2.15. The molecule has 0 saturated heterocycles. The third kappa shape index (κ3) is 3.48. The van der Waals surface area contributed by atoms with Crippen LogP contribution in [-0.2, 0) is 0 Å². The molecule has 2 aliphatic carbocycles. The maximum Gasteiger partial charge on any atom is -0.00463 e. The molecule has 94 valence electrons. The summed E-state index contributed by atoms with van der Waals surface area (Å²) in [5, 5.41) is 3.45. The van der Waals surface area contributed by atoms with Crippen LogP contribution in [0.3, 0.4) is 0 Å². The van der Waals surface area contributed by atoms with Crippen LogP contribution in [0.4, 0.5) is 0 Å². The smallest absolute Gasteiger partial charge is 0.00463 e. The van der Waals surface area contributed by atoms with E-state index in [-0.39, 0.29) is 0 Å². The van der Waals surface area contributed by atoms with Crippen LogP contribution >= 0.6 is 0 Å². The summed E-state index contributed by atoms with van der Waals surface area (Å²) in [6.45, 7) is 7.07. The summed E-state index contributed by atoms with van der Waals surface area (Å²) in [4.78, 5) is 0. The second-order valence-corrected chi connectivity index (χ2v) is 6.15. The van der Waals surface area contributed by atoms with Gasteiger partial charge in [0.25, 0.3) is 0 Å². The Morgan fingerprint density at radius 2 is 2.06 bits per heavy atom. The van der Waals surface area contributed by atoms with Crippen LogP contribution in [0.1, 0.15) is 58.8 Å². The van der Waals surface area contributed by atoms with E-state index in [9.17, 15) is 0 Å². The van der Waals surface area contributed by atoms with E-state index in [1.165, 1.54) is 51.5 Å². The fourth-order valence-electron chi connectivity index (χ4n) is 3.26. The highest BCUT2D eigenvalue weighted by molar-refractivity contribution is 4.90. The van der Waals surface area contributed by atoms with Crippen LogP contribution in [0.2, 0.25) is 0 Å². The Morgan fingerprint density at radius 1 is 1.25 bits per heavy atom. The molecule has 0 radical (unpaired) electrons. The molecule has 3 unspecified atom stereocenters. The molecule has 16 heavy (non-hydrogen) atoms. The molecule has 0 aromatic carbocycles. The Hall–Kier alpha value is -0.0400. The van der Waals surface area contributed by atoms with Gasteiger partial charge in [-0.3, -0.25) is 0 Å². The molecular weight excluding hydrogens is 194 g/mol. The van der Waals surface area contributed by atoms with Gasteiger partial charge in [-0.05, 0) is 49.6 Å². The van der Waals surface area contributed by atoms with E-state index in [0.29, 0.717) is 0 Å². The van der Waals surface area contributed by atoms with Crippen molar-refractivity contribution >= 4 is 0 Å². The lowest BCUT2D eigenvalue weighted by Gasteiger charge is -2.26. The average Bonchev–Trinajstić information content (AvgIpc) is 2.95. The van der Waals surface area contributed by atoms with Crippen molar-refractivity contribution in [2.24, 2.45) is 23.7 Å². The minimum atomic E-state index is 1.01. The first-order chi connectivity index (χ1) is 7.81. The molecule has 1 N–H and O–H groups in total. The van der Waals surface area contributed by atoms with Gasteiger partial charge in [0.1, 0.15) is 0 Å². The first-order valence-electron chi connectivity index (χ1n) is 7.52. The highest BCUT2D eigenvalue weighted by atomic mass is 14.8. The summed E-state index contributed by atoms with van der Waals surface area (Å²) >= 11 is 0. The zero-order chi connectivity index (χ0) is 11.4. The van der Waals surface area contributed by atoms with Crippen molar-refractivity contribution in [2.75, 3.05) is 13.1 Å². The van der Waals surface area contributed by atoms with Gasteiger partial charge >= 0.3 is 0 Å². The molecule has 0 aliphatic heterocycles. The van der Waals surface area contributed by atoms with Gasteiger partial charge in [0.05, 0.1) is 0 Å². The van der Waals surface area contributed by atoms with Crippen LogP contribution in [0.5, 0.6) is 0 Å². The summed E-state index contributed by atoms with van der Waals surface area (Å²) in [5.41, 5.74) is 0. The number of nitrogens with one attached hydrogen (secondary N) is 1. The van der Waals surface area contributed by atoms with Crippen LogP contribution in [-0.4, -0.2) is 13.1 Å². The van der Waals surface area contributed by atoms with E-state index in [0.717, 1.165) is 30.2 Å². The molecule has 0 heterocycles. The van der Waals surface area contributed by atoms with E-state index in [2.05, 4.69) is 19.2 Å². The molecule has 2 rings (SSSR count). The summed E-state index contributed by atoms with van der Waals surface area (Å²) in [5.74, 6) is 4.27. The Balaban J connectivity index is 1.51. The van der Waals surface area contributed by atoms with Crippen molar-refractivity contribution in [1.29, 1.82) is 0 Å². The molecule has 3 atom stereocenters. The molecule has 1 heteroatoms. The summed E-state index contributed by atoms with van der Waals surface area (Å²) in [6, 6.07) is 0. The monoisotopic (exact) mass is 223 g/mol. The second-order valence-electron chi connectivity index (χ2n) is 6.15. The predicted octanol–water partition coefficient (Wildman–Crippen LogP) is 3.84. The fourth-order valence-corrected chi connectivity index (χ4v) is 3.26. The molecule has 2 saturated carbocycles. The molecule has 0 aromatic rings. The van der Waals surface area contributed by atoms with E-state index < -0.39 is 0 Å². The Morgan fingerprint density at radius 3 is 2.69 bits per heavy atom. The van der Waals surface area contributed by atoms with E-state index in [4.69, 9.17) is 0 Å². The van der Waals surface area contributed by atoms with Crippen LogP contribution in [0, 0.1) is 23.7 Å². The van der Waals surface area contributed by atoms with E-state index in [1.807, 2.05) is 0 Å². The van der Waals surface area contributed by atoms with Crippen molar-refractivity contribution < 1.29 is 0 Å². The largest absolute Gasteiger partial charge is 0.317 e. The summed E-state index contributed by atoms with van der Waals surface area (Å²) in [6.07, 6.45) is 10.5. The Kier molecular flexibility index (Phi) is 4.69. The van der Waals surface area contributed by atoms with E-state index in [1.54, 1.807) is 0 Å². The minimum absolute atomic E-state index is 1.01. The standard InChI is InChI=1S/C15H29N/c1-3-16-10-9-14-11-15(14)12(2)7-8-13-5-4-6-13/h12-16H,3-11H2,1-2H3. The van der Waals surface area contributed by atoms with Crippen molar-refractivity contribution in [2.45, 2.75) is 58.8 Å². The normalized spacial score (nSPS) is 31.1. The van der Waals surface area contributed by atoms with Crippen molar-refractivity contribution in [1.82, 2.24) is 5.32 Å². The number of hydrogen-bond donors (Lipinski definition) is 1. The van der Waals surface area contributed by atoms with Gasteiger partial charge in [-0.2, -0.15) is 0 Å². The van der Waals surface area contributed by atoms with Gasteiger partial charge in [0.15, 0.2) is 0 Å². The molecule has 0 aromatic heterocycles. The first kappa shape index (κ1) is 12.4. The zero-order valence-corrected chi connectivity index (χ0v) is 11.2. The maximum absolute atomic E-state index is 3.45. The highest BCUT2D eigenvalue weighted by Crippen LogP contribution is 2.48. The maximum atomic E-state index is 3.45. The summed E-state index contributed by atoms with van der Waals surface area (Å²) in [7, 11) is 0. The SMILES string of the molecule is CCNCCC1CC1C(C)CCC1CCC1. The summed E-state index contributed by atoms with van der Waals surface area (Å²) < 4.78 is 0. The third-order valence-electron chi connectivity index (χ3n) is 4.91. The molecule has 0 bridgehead atoms. The molecule has 0 spiro atoms. The number of rotatable bonds is 8. The Bertz CT molecular complexity index is 198. The van der Waals surface area contributed by atoms with E-state index >= 15 is 0 Å². The van der Waals surface area contributed by atoms with Gasteiger partial charge in [-0.1, -0.05) is 46.0 Å². The molecule has 1 nitrogen and oxygen atoms in total. The highest BCUT2D eigenvalue weighted by Gasteiger charge is 2.39. The topological polar surface area (TPSA) is 12.0 Å². The molecule has 2 fully saturated rings. The van der Waals surface area contributed by atoms with Gasteiger partial charge < -0.3 is 5.32 Å². The molecule has 2 aliphatic rings. The van der Waals surface area contributed by atoms with Gasteiger partial charge in [-0.15, -0.1) is 0 Å². The molecule has 0 amide bonds. The third-order valence-corrected chi connectivity index (χ3v) is 4.91. The Labute approximate surface area is 101 Å². The molecular formula is C15H29N. The quantitative estimate of drug-likeness (QED) is 0.617. The van der Waals surface area contributed by atoms with Crippen LogP contribution < -0.4 is 5.32 Å². The van der Waals surface area contributed by atoms with Crippen LogP contribution in [0.25, 0.3) is 0 Å². The lowest BCUT2D eigenvalue weighted by molar-refractivity contribution is 0.264. The first-order valence-corrected chi connectivity index (χ1v) is 7.52. The fraction of sp³-hybridized carbons (Fsp3) is 1.00. The van der Waals surface area contributed by atoms with Crippen LogP contribution in [0.15, 0.2) is 0 Å². The van der Waals surface area contributed by atoms with Crippen molar-refractivity contribution in [3.63, 3.8) is 0 Å². The minimum Gasteiger partial charge on any atom is -0.317 e. The average molecular weight is 223 g/mol. The second kappa shape index (κ2) is 6.05. The van der Waals surface area contributed by atoms with Gasteiger partial charge in [0, 0.05) is 0 Å². The van der Waals surface area contributed by atoms with Crippen molar-refractivity contribution in [3.05, 3.63) is 0 Å². The lowest BCUT2D eigenvalue weighted by atomic mass is 9.80. The van der Waals surface area contributed by atoms with Crippen molar-refractivity contribution in [3.8, 4) is 0 Å². The number of hydrogen-bond acceptors (Lipinski definition) is 1. The predicted molar refractivity (Wildman–Crippen MR) is 70.5 cm³/mol. The van der Waals surface area contributed by atoms with Gasteiger partial charge in [0.2, 0.25) is 0 Å². The van der Waals surface area contributed by atoms with Gasteiger partial charge in [-0.25, -0.2) is 0 Å².